The van der Waals surface area contributed by atoms with Gasteiger partial charge in [0.15, 0.2) is 0 Å². The van der Waals surface area contributed by atoms with Gasteiger partial charge in [-0.2, -0.15) is 5.26 Å². The van der Waals surface area contributed by atoms with Gasteiger partial charge < -0.3 is 0 Å². The highest BCUT2D eigenvalue weighted by molar-refractivity contribution is 7.98. The van der Waals surface area contributed by atoms with E-state index in [1.54, 1.807) is 18.2 Å². The van der Waals surface area contributed by atoms with E-state index in [2.05, 4.69) is 21.0 Å². The van der Waals surface area contributed by atoms with Crippen molar-refractivity contribution in [1.82, 2.24) is 19.4 Å². The van der Waals surface area contributed by atoms with Crippen molar-refractivity contribution in [2.75, 3.05) is 0 Å². The maximum absolute atomic E-state index is 12.3. The number of pyridine rings is 1. The first kappa shape index (κ1) is 16.1. The van der Waals surface area contributed by atoms with Crippen molar-refractivity contribution in [3.05, 3.63) is 63.1 Å². The van der Waals surface area contributed by atoms with E-state index in [1.807, 2.05) is 25.1 Å². The molecule has 0 spiro atoms. The van der Waals surface area contributed by atoms with Gasteiger partial charge in [-0.25, -0.2) is 15.0 Å². The lowest BCUT2D eigenvalue weighted by Crippen LogP contribution is -2.17. The number of nitrogens with zero attached hydrogens (tertiary/aromatic N) is 5. The Morgan fingerprint density at radius 3 is 2.75 bits per heavy atom. The minimum Gasteiger partial charge on any atom is -0.269 e. The summed E-state index contributed by atoms with van der Waals surface area (Å²) in [5, 5.41) is 9.91. The molecule has 3 aromatic rings. The topological polar surface area (TPSA) is 83.9 Å². The first-order chi connectivity index (χ1) is 11.5. The first-order valence-electron chi connectivity index (χ1n) is 7.36. The third-order valence-electron chi connectivity index (χ3n) is 3.57. The number of fused-ring (bicyclic) bond motifs is 1. The molecule has 24 heavy (non-hydrogen) atoms. The predicted molar refractivity (Wildman–Crippen MR) is 92.0 cm³/mol. The number of aryl methyl sites for hydroxylation is 3. The van der Waals surface area contributed by atoms with Gasteiger partial charge in [0.2, 0.25) is 0 Å². The molecule has 120 valence electrons. The van der Waals surface area contributed by atoms with Gasteiger partial charge in [-0.3, -0.25) is 9.20 Å². The molecule has 0 saturated heterocycles. The summed E-state index contributed by atoms with van der Waals surface area (Å²) in [6.07, 6.45) is 0. The van der Waals surface area contributed by atoms with Crippen LogP contribution in [0.25, 0.3) is 5.65 Å². The van der Waals surface area contributed by atoms with Gasteiger partial charge in [0.1, 0.15) is 28.1 Å². The SMILES string of the molecule is Cc1nc(C)c(C#N)c(SCc2cc(=O)n3c(C)cccc3n2)n1. The highest BCUT2D eigenvalue weighted by Gasteiger charge is 2.12. The largest absolute Gasteiger partial charge is 0.269 e. The van der Waals surface area contributed by atoms with Crippen molar-refractivity contribution in [2.24, 2.45) is 0 Å². The highest BCUT2D eigenvalue weighted by Crippen LogP contribution is 2.24. The second-order valence-electron chi connectivity index (χ2n) is 5.38. The lowest BCUT2D eigenvalue weighted by Gasteiger charge is -2.08. The number of rotatable bonds is 3. The van der Waals surface area contributed by atoms with Crippen molar-refractivity contribution in [1.29, 1.82) is 5.26 Å². The van der Waals surface area contributed by atoms with Crippen molar-refractivity contribution in [3.63, 3.8) is 0 Å². The predicted octanol–water partition coefficient (Wildman–Crippen LogP) is 2.57. The van der Waals surface area contributed by atoms with E-state index < -0.39 is 0 Å². The molecular weight excluding hydrogens is 322 g/mol. The maximum atomic E-state index is 12.3. The van der Waals surface area contributed by atoms with Gasteiger partial charge in [0.25, 0.3) is 5.56 Å². The normalized spacial score (nSPS) is 10.8. The Labute approximate surface area is 143 Å². The number of nitriles is 1. The second-order valence-corrected chi connectivity index (χ2v) is 6.35. The van der Waals surface area contributed by atoms with E-state index in [0.717, 1.165) is 5.69 Å². The Balaban J connectivity index is 1.95. The van der Waals surface area contributed by atoms with Crippen molar-refractivity contribution in [2.45, 2.75) is 31.6 Å². The zero-order valence-corrected chi connectivity index (χ0v) is 14.4. The fourth-order valence-electron chi connectivity index (χ4n) is 2.49. The number of hydrogen-bond donors (Lipinski definition) is 0. The number of aromatic nitrogens is 4. The minimum absolute atomic E-state index is 0.107. The van der Waals surface area contributed by atoms with Gasteiger partial charge in [0, 0.05) is 17.5 Å². The molecule has 0 N–H and O–H groups in total. The molecule has 6 nitrogen and oxygen atoms in total. The molecule has 0 radical (unpaired) electrons. The van der Waals surface area contributed by atoms with Crippen LogP contribution < -0.4 is 5.56 Å². The molecule has 3 rings (SSSR count). The smallest absolute Gasteiger partial charge is 0.258 e. The average Bonchev–Trinajstić information content (AvgIpc) is 2.52. The van der Waals surface area contributed by atoms with Gasteiger partial charge in [-0.05, 0) is 32.9 Å². The molecule has 0 aliphatic carbocycles. The molecule has 0 aliphatic heterocycles. The van der Waals surface area contributed by atoms with Crippen molar-refractivity contribution >= 4 is 17.4 Å². The average molecular weight is 337 g/mol. The lowest BCUT2D eigenvalue weighted by atomic mass is 10.3. The van der Waals surface area contributed by atoms with Crippen molar-refractivity contribution in [3.8, 4) is 6.07 Å². The monoisotopic (exact) mass is 337 g/mol. The van der Waals surface area contributed by atoms with Crippen LogP contribution in [0.1, 0.15) is 28.5 Å². The van der Waals surface area contributed by atoms with Crippen LogP contribution in [0, 0.1) is 32.1 Å². The Morgan fingerprint density at radius 1 is 1.21 bits per heavy atom. The van der Waals surface area contributed by atoms with Gasteiger partial charge >= 0.3 is 0 Å². The molecule has 0 aliphatic rings. The molecule has 0 bridgehead atoms. The quantitative estimate of drug-likeness (QED) is 0.539. The molecule has 0 unspecified atom stereocenters. The Bertz CT molecular complexity index is 1040. The van der Waals surface area contributed by atoms with Gasteiger partial charge in [-0.1, -0.05) is 17.8 Å². The first-order valence-corrected chi connectivity index (χ1v) is 8.34. The second kappa shape index (κ2) is 6.42. The lowest BCUT2D eigenvalue weighted by molar-refractivity contribution is 0.921. The number of thioether (sulfide) groups is 1. The summed E-state index contributed by atoms with van der Waals surface area (Å²) in [7, 11) is 0. The maximum Gasteiger partial charge on any atom is 0.258 e. The summed E-state index contributed by atoms with van der Waals surface area (Å²) < 4.78 is 1.58. The number of hydrogen-bond acceptors (Lipinski definition) is 6. The van der Waals surface area contributed by atoms with Gasteiger partial charge in [0.05, 0.1) is 11.4 Å². The molecule has 0 aromatic carbocycles. The Hall–Kier alpha value is -2.72. The molecule has 0 fully saturated rings. The van der Waals surface area contributed by atoms with Crippen molar-refractivity contribution < 1.29 is 0 Å². The molecule has 0 amide bonds. The minimum atomic E-state index is -0.107. The standard InChI is InChI=1S/C17H15N5OS/c1-10-5-4-6-15-21-13(7-16(23)22(10)15)9-24-17-14(8-18)11(2)19-12(3)20-17/h4-7H,9H2,1-3H3. The molecule has 0 saturated carbocycles. The zero-order valence-electron chi connectivity index (χ0n) is 13.6. The van der Waals surface area contributed by atoms with Crippen LogP contribution in [-0.4, -0.2) is 19.4 Å². The fraction of sp³-hybridized carbons (Fsp3) is 0.235. The van der Waals surface area contributed by atoms with Crippen LogP contribution in [0.4, 0.5) is 0 Å². The van der Waals surface area contributed by atoms with Crippen LogP contribution in [0.5, 0.6) is 0 Å². The molecule has 7 heteroatoms. The molecular formula is C17H15N5OS. The van der Waals surface area contributed by atoms with Gasteiger partial charge in [-0.15, -0.1) is 0 Å². The molecule has 3 aromatic heterocycles. The zero-order chi connectivity index (χ0) is 17.3. The molecule has 3 heterocycles. The summed E-state index contributed by atoms with van der Waals surface area (Å²) in [6, 6.07) is 9.22. The van der Waals surface area contributed by atoms with E-state index in [9.17, 15) is 10.1 Å². The summed E-state index contributed by atoms with van der Waals surface area (Å²) in [4.78, 5) is 25.4. The summed E-state index contributed by atoms with van der Waals surface area (Å²) in [5.41, 5.74) is 3.15. The van der Waals surface area contributed by atoms with Crippen LogP contribution >= 0.6 is 11.8 Å². The van der Waals surface area contributed by atoms with E-state index in [4.69, 9.17) is 0 Å². The third-order valence-corrected chi connectivity index (χ3v) is 4.58. The van der Waals surface area contributed by atoms with E-state index in [0.29, 0.717) is 39.2 Å². The van der Waals surface area contributed by atoms with Crippen LogP contribution in [-0.2, 0) is 5.75 Å². The molecule has 0 atom stereocenters. The highest BCUT2D eigenvalue weighted by atomic mass is 32.2. The Morgan fingerprint density at radius 2 is 2.00 bits per heavy atom. The van der Waals surface area contributed by atoms with E-state index >= 15 is 0 Å². The van der Waals surface area contributed by atoms with Crippen LogP contribution in [0.3, 0.4) is 0 Å². The fourth-order valence-corrected chi connectivity index (χ4v) is 3.46. The summed E-state index contributed by atoms with van der Waals surface area (Å²) >= 11 is 1.39. The van der Waals surface area contributed by atoms with E-state index in [-0.39, 0.29) is 5.56 Å². The summed E-state index contributed by atoms with van der Waals surface area (Å²) in [6.45, 7) is 5.46. The van der Waals surface area contributed by atoms with Crippen LogP contribution in [0.2, 0.25) is 0 Å². The Kier molecular flexibility index (Phi) is 4.32. The summed E-state index contributed by atoms with van der Waals surface area (Å²) in [5.74, 6) is 1.08. The van der Waals surface area contributed by atoms with E-state index in [1.165, 1.54) is 17.8 Å². The van der Waals surface area contributed by atoms with Crippen LogP contribution in [0.15, 0.2) is 34.1 Å². The third kappa shape index (κ3) is 3.01.